The van der Waals surface area contributed by atoms with E-state index in [1.54, 1.807) is 19.2 Å². The molecule has 0 aromatic heterocycles. The molecule has 18 heavy (non-hydrogen) atoms. The van der Waals surface area contributed by atoms with Crippen molar-refractivity contribution in [2.24, 2.45) is 5.92 Å². The van der Waals surface area contributed by atoms with E-state index in [9.17, 15) is 13.9 Å². The smallest absolute Gasteiger partial charge is 0.248 e. The van der Waals surface area contributed by atoms with Crippen LogP contribution in [0.5, 0.6) is 5.75 Å². The number of ether oxygens (including phenoxy) is 1. The maximum absolute atomic E-state index is 13.1. The van der Waals surface area contributed by atoms with Gasteiger partial charge in [0, 0.05) is 18.4 Å². The van der Waals surface area contributed by atoms with Crippen molar-refractivity contribution in [3.8, 4) is 5.75 Å². The van der Waals surface area contributed by atoms with Crippen LogP contribution in [-0.2, 0) is 0 Å². The number of methoxy groups -OCH3 is 1. The van der Waals surface area contributed by atoms with Crippen molar-refractivity contribution in [3.63, 3.8) is 0 Å². The van der Waals surface area contributed by atoms with Crippen molar-refractivity contribution in [2.75, 3.05) is 7.11 Å². The molecule has 0 aliphatic heterocycles. The highest BCUT2D eigenvalue weighted by atomic mass is 19.3. The zero-order chi connectivity index (χ0) is 13.2. The lowest BCUT2D eigenvalue weighted by molar-refractivity contribution is -0.0629. The van der Waals surface area contributed by atoms with E-state index in [-0.39, 0.29) is 18.8 Å². The standard InChI is InChI=1S/C14H18F2O2/c1-18-12-5-3-2-4-11(12)13(17)10-6-8-14(15,16)9-7-10/h2-5,10,13,17H,6-9H2,1H3. The molecule has 1 unspecified atom stereocenters. The zero-order valence-corrected chi connectivity index (χ0v) is 10.4. The van der Waals surface area contributed by atoms with Crippen LogP contribution in [-0.4, -0.2) is 18.1 Å². The van der Waals surface area contributed by atoms with Gasteiger partial charge in [-0.2, -0.15) is 0 Å². The minimum absolute atomic E-state index is 0.110. The van der Waals surface area contributed by atoms with Crippen LogP contribution in [0.2, 0.25) is 0 Å². The molecule has 2 nitrogen and oxygen atoms in total. The third kappa shape index (κ3) is 2.80. The quantitative estimate of drug-likeness (QED) is 0.896. The normalized spacial score (nSPS) is 21.6. The monoisotopic (exact) mass is 256 g/mol. The second-order valence-electron chi connectivity index (χ2n) is 4.88. The lowest BCUT2D eigenvalue weighted by Crippen LogP contribution is -2.27. The Morgan fingerprint density at radius 3 is 2.50 bits per heavy atom. The van der Waals surface area contributed by atoms with Crippen LogP contribution in [0.1, 0.15) is 37.4 Å². The molecule has 0 radical (unpaired) electrons. The van der Waals surface area contributed by atoms with Crippen molar-refractivity contribution >= 4 is 0 Å². The molecule has 1 fully saturated rings. The molecule has 1 aliphatic rings. The first-order valence-corrected chi connectivity index (χ1v) is 6.22. The number of hydrogen-bond acceptors (Lipinski definition) is 2. The van der Waals surface area contributed by atoms with Crippen LogP contribution in [0.4, 0.5) is 8.78 Å². The number of para-hydroxylation sites is 1. The van der Waals surface area contributed by atoms with E-state index in [1.165, 1.54) is 0 Å². The van der Waals surface area contributed by atoms with Gasteiger partial charge in [-0.15, -0.1) is 0 Å². The topological polar surface area (TPSA) is 29.5 Å². The predicted molar refractivity (Wildman–Crippen MR) is 64.9 cm³/mol. The van der Waals surface area contributed by atoms with E-state index in [0.717, 1.165) is 0 Å². The molecule has 0 heterocycles. The number of aliphatic hydroxyl groups excluding tert-OH is 1. The second kappa shape index (κ2) is 5.22. The summed E-state index contributed by atoms with van der Waals surface area (Å²) in [7, 11) is 1.54. The second-order valence-corrected chi connectivity index (χ2v) is 4.88. The summed E-state index contributed by atoms with van der Waals surface area (Å²) in [5, 5.41) is 10.3. The third-order valence-corrected chi connectivity index (χ3v) is 3.67. The first kappa shape index (κ1) is 13.3. The molecule has 1 N–H and O–H groups in total. The summed E-state index contributed by atoms with van der Waals surface area (Å²) in [4.78, 5) is 0. The molecule has 2 rings (SSSR count). The van der Waals surface area contributed by atoms with Crippen LogP contribution in [0.25, 0.3) is 0 Å². The first-order chi connectivity index (χ1) is 8.53. The highest BCUT2D eigenvalue weighted by molar-refractivity contribution is 5.35. The number of halogens is 2. The predicted octanol–water partition coefficient (Wildman–Crippen LogP) is 3.55. The highest BCUT2D eigenvalue weighted by Crippen LogP contribution is 2.42. The van der Waals surface area contributed by atoms with Gasteiger partial charge in [-0.05, 0) is 24.8 Å². The molecule has 4 heteroatoms. The summed E-state index contributed by atoms with van der Waals surface area (Å²) in [6.07, 6.45) is -0.288. The largest absolute Gasteiger partial charge is 0.496 e. The fourth-order valence-electron chi connectivity index (χ4n) is 2.54. The van der Waals surface area contributed by atoms with Gasteiger partial charge in [-0.3, -0.25) is 0 Å². The van der Waals surface area contributed by atoms with Crippen molar-refractivity contribution in [1.29, 1.82) is 0 Å². The highest BCUT2D eigenvalue weighted by Gasteiger charge is 2.38. The molecule has 1 aromatic carbocycles. The van der Waals surface area contributed by atoms with Crippen molar-refractivity contribution < 1.29 is 18.6 Å². The molecule has 0 bridgehead atoms. The van der Waals surface area contributed by atoms with Crippen LogP contribution >= 0.6 is 0 Å². The van der Waals surface area contributed by atoms with Crippen molar-refractivity contribution in [3.05, 3.63) is 29.8 Å². The van der Waals surface area contributed by atoms with Crippen LogP contribution in [0.3, 0.4) is 0 Å². The molecule has 0 amide bonds. The fraction of sp³-hybridized carbons (Fsp3) is 0.571. The van der Waals surface area contributed by atoms with Gasteiger partial charge >= 0.3 is 0 Å². The number of rotatable bonds is 3. The Morgan fingerprint density at radius 2 is 1.89 bits per heavy atom. The van der Waals surface area contributed by atoms with Gasteiger partial charge in [-0.25, -0.2) is 8.78 Å². The molecule has 0 saturated heterocycles. The maximum atomic E-state index is 13.1. The summed E-state index contributed by atoms with van der Waals surface area (Å²) in [6.45, 7) is 0. The van der Waals surface area contributed by atoms with E-state index < -0.39 is 12.0 Å². The summed E-state index contributed by atoms with van der Waals surface area (Å²) in [5.74, 6) is -2.06. The van der Waals surface area contributed by atoms with Gasteiger partial charge in [0.1, 0.15) is 5.75 Å². The van der Waals surface area contributed by atoms with E-state index in [1.807, 2.05) is 12.1 Å². The molecule has 0 spiro atoms. The minimum atomic E-state index is -2.56. The van der Waals surface area contributed by atoms with Crippen molar-refractivity contribution in [1.82, 2.24) is 0 Å². The number of aliphatic hydroxyl groups is 1. The Kier molecular flexibility index (Phi) is 3.85. The van der Waals surface area contributed by atoms with Crippen LogP contribution in [0, 0.1) is 5.92 Å². The summed E-state index contributed by atoms with van der Waals surface area (Å²) in [6, 6.07) is 7.20. The SMILES string of the molecule is COc1ccccc1C(O)C1CCC(F)(F)CC1. The lowest BCUT2D eigenvalue weighted by Gasteiger charge is -2.31. The van der Waals surface area contributed by atoms with Gasteiger partial charge < -0.3 is 9.84 Å². The summed E-state index contributed by atoms with van der Waals surface area (Å²) < 4.78 is 31.4. The molecular formula is C14H18F2O2. The van der Waals surface area contributed by atoms with E-state index >= 15 is 0 Å². The van der Waals surface area contributed by atoms with Gasteiger partial charge in [0.2, 0.25) is 5.92 Å². The van der Waals surface area contributed by atoms with Crippen LogP contribution < -0.4 is 4.74 Å². The Morgan fingerprint density at radius 1 is 1.28 bits per heavy atom. The summed E-state index contributed by atoms with van der Waals surface area (Å²) in [5.41, 5.74) is 0.690. The number of benzene rings is 1. The van der Waals surface area contributed by atoms with E-state index in [0.29, 0.717) is 24.2 Å². The Labute approximate surface area is 106 Å². The Hall–Kier alpha value is -1.16. The van der Waals surface area contributed by atoms with Gasteiger partial charge in [-0.1, -0.05) is 18.2 Å². The molecular weight excluding hydrogens is 238 g/mol. The molecule has 1 saturated carbocycles. The molecule has 100 valence electrons. The van der Waals surface area contributed by atoms with Gasteiger partial charge in [0.25, 0.3) is 0 Å². The van der Waals surface area contributed by atoms with Crippen molar-refractivity contribution in [2.45, 2.75) is 37.7 Å². The number of alkyl halides is 2. The first-order valence-electron chi connectivity index (χ1n) is 6.22. The zero-order valence-electron chi connectivity index (χ0n) is 10.4. The minimum Gasteiger partial charge on any atom is -0.496 e. The molecule has 1 aromatic rings. The Balaban J connectivity index is 2.10. The summed E-state index contributed by atoms with van der Waals surface area (Å²) >= 11 is 0. The van der Waals surface area contributed by atoms with E-state index in [4.69, 9.17) is 4.74 Å². The maximum Gasteiger partial charge on any atom is 0.248 e. The lowest BCUT2D eigenvalue weighted by atomic mass is 9.81. The number of hydrogen-bond donors (Lipinski definition) is 1. The Bertz CT molecular complexity index is 397. The fourth-order valence-corrected chi connectivity index (χ4v) is 2.54. The van der Waals surface area contributed by atoms with Gasteiger partial charge in [0.15, 0.2) is 0 Å². The molecule has 1 atom stereocenters. The average molecular weight is 256 g/mol. The van der Waals surface area contributed by atoms with Crippen LogP contribution in [0.15, 0.2) is 24.3 Å². The molecule has 1 aliphatic carbocycles. The average Bonchev–Trinajstić information content (AvgIpc) is 2.38. The van der Waals surface area contributed by atoms with Gasteiger partial charge in [0.05, 0.1) is 13.2 Å². The van der Waals surface area contributed by atoms with E-state index in [2.05, 4.69) is 0 Å². The third-order valence-electron chi connectivity index (χ3n) is 3.67.